The Morgan fingerprint density at radius 1 is 0.962 bits per heavy atom. The number of rotatable bonds is 10. The van der Waals surface area contributed by atoms with E-state index in [1.54, 1.807) is 7.11 Å². The maximum Gasteiger partial charge on any atom is 0.220 e. The van der Waals surface area contributed by atoms with E-state index >= 15 is 0 Å². The lowest BCUT2D eigenvalue weighted by atomic mass is 10.1. The summed E-state index contributed by atoms with van der Waals surface area (Å²) in [6, 6.07) is 15.2. The molecule has 0 aliphatic carbocycles. The third kappa shape index (κ3) is 6.31. The molecule has 0 saturated heterocycles. The van der Waals surface area contributed by atoms with Gasteiger partial charge in [0, 0.05) is 6.42 Å². The lowest BCUT2D eigenvalue weighted by Crippen LogP contribution is -2.26. The molecule has 0 radical (unpaired) electrons. The number of amides is 1. The van der Waals surface area contributed by atoms with E-state index in [1.165, 1.54) is 0 Å². The Morgan fingerprint density at radius 2 is 1.54 bits per heavy atom. The largest absolute Gasteiger partial charge is 0.497 e. The minimum atomic E-state index is -0.0410. The van der Waals surface area contributed by atoms with Crippen LogP contribution < -0.4 is 19.5 Å². The van der Waals surface area contributed by atoms with E-state index in [0.29, 0.717) is 26.1 Å². The van der Waals surface area contributed by atoms with Gasteiger partial charge in [0.05, 0.1) is 26.4 Å². The summed E-state index contributed by atoms with van der Waals surface area (Å²) in [7, 11) is 1.63. The minimum Gasteiger partial charge on any atom is -0.497 e. The molecule has 0 bridgehead atoms. The average Bonchev–Trinajstić information content (AvgIpc) is 2.66. The molecule has 0 aliphatic rings. The summed E-state index contributed by atoms with van der Waals surface area (Å²) < 4.78 is 16.2. The zero-order valence-electron chi connectivity index (χ0n) is 15.7. The van der Waals surface area contributed by atoms with Crippen LogP contribution in [0.4, 0.5) is 0 Å². The van der Waals surface area contributed by atoms with Gasteiger partial charge in [-0.3, -0.25) is 4.79 Å². The molecule has 1 amide bonds. The molecule has 1 atom stereocenters. The second kappa shape index (κ2) is 10.3. The molecule has 0 heterocycles. The van der Waals surface area contributed by atoms with Gasteiger partial charge in [-0.15, -0.1) is 0 Å². The van der Waals surface area contributed by atoms with Gasteiger partial charge in [-0.1, -0.05) is 12.1 Å². The van der Waals surface area contributed by atoms with Crippen molar-refractivity contribution >= 4 is 5.91 Å². The van der Waals surface area contributed by atoms with Gasteiger partial charge in [0.1, 0.15) is 17.2 Å². The maximum absolute atomic E-state index is 12.1. The average molecular weight is 357 g/mol. The van der Waals surface area contributed by atoms with Gasteiger partial charge in [-0.2, -0.15) is 0 Å². The van der Waals surface area contributed by atoms with Gasteiger partial charge in [0.2, 0.25) is 5.91 Å². The van der Waals surface area contributed by atoms with Crippen LogP contribution in [0.25, 0.3) is 0 Å². The van der Waals surface area contributed by atoms with Crippen LogP contribution in [-0.4, -0.2) is 26.2 Å². The predicted octanol–water partition coefficient (Wildman–Crippen LogP) is 4.13. The van der Waals surface area contributed by atoms with E-state index in [4.69, 9.17) is 14.2 Å². The summed E-state index contributed by atoms with van der Waals surface area (Å²) in [6.07, 6.45) is 1.09. The molecule has 5 heteroatoms. The molecule has 2 rings (SSSR count). The first kappa shape index (κ1) is 19.6. The van der Waals surface area contributed by atoms with Gasteiger partial charge >= 0.3 is 0 Å². The van der Waals surface area contributed by atoms with Crippen molar-refractivity contribution in [3.63, 3.8) is 0 Å². The number of hydrogen-bond acceptors (Lipinski definition) is 4. The van der Waals surface area contributed by atoms with Gasteiger partial charge in [0.15, 0.2) is 0 Å². The molecule has 0 spiro atoms. The molecule has 1 N–H and O–H groups in total. The number of ether oxygens (including phenoxy) is 3. The first-order valence-corrected chi connectivity index (χ1v) is 8.91. The highest BCUT2D eigenvalue weighted by atomic mass is 16.5. The molecule has 0 aliphatic heterocycles. The van der Waals surface area contributed by atoms with Crippen LogP contribution in [-0.2, 0) is 4.79 Å². The zero-order valence-corrected chi connectivity index (χ0v) is 15.7. The van der Waals surface area contributed by atoms with Crippen molar-refractivity contribution in [2.24, 2.45) is 0 Å². The third-order valence-electron chi connectivity index (χ3n) is 3.94. The fourth-order valence-electron chi connectivity index (χ4n) is 2.51. The molecule has 140 valence electrons. The molecular formula is C21H27NO4. The van der Waals surface area contributed by atoms with E-state index in [1.807, 2.05) is 62.4 Å². The molecule has 0 aromatic heterocycles. The van der Waals surface area contributed by atoms with Crippen molar-refractivity contribution in [3.8, 4) is 17.2 Å². The molecule has 2 aromatic carbocycles. The number of benzene rings is 2. The monoisotopic (exact) mass is 357 g/mol. The molecular weight excluding hydrogens is 330 g/mol. The van der Waals surface area contributed by atoms with Crippen molar-refractivity contribution in [2.45, 2.75) is 32.7 Å². The predicted molar refractivity (Wildman–Crippen MR) is 102 cm³/mol. The first-order valence-electron chi connectivity index (χ1n) is 8.91. The fraction of sp³-hybridized carbons (Fsp3) is 0.381. The number of hydrogen-bond donors (Lipinski definition) is 1. The van der Waals surface area contributed by atoms with Crippen LogP contribution in [0, 0.1) is 0 Å². The Morgan fingerprint density at radius 3 is 2.15 bits per heavy atom. The third-order valence-corrected chi connectivity index (χ3v) is 3.94. The Hall–Kier alpha value is -2.69. The van der Waals surface area contributed by atoms with E-state index < -0.39 is 0 Å². The Balaban J connectivity index is 1.68. The molecule has 0 unspecified atom stereocenters. The highest BCUT2D eigenvalue weighted by Crippen LogP contribution is 2.18. The standard InChI is InChI=1S/C21H27NO4/c1-4-25-19-9-7-17(8-10-19)16(2)22-21(23)6-5-15-26-20-13-11-18(24-3)12-14-20/h7-14,16H,4-6,15H2,1-3H3,(H,22,23)/t16-/m1/s1. The number of carbonyl (C=O) groups is 1. The fourth-order valence-corrected chi connectivity index (χ4v) is 2.51. The second-order valence-electron chi connectivity index (χ2n) is 5.92. The summed E-state index contributed by atoms with van der Waals surface area (Å²) in [4.78, 5) is 12.1. The molecule has 0 saturated carbocycles. The number of carbonyl (C=O) groups excluding carboxylic acids is 1. The van der Waals surface area contributed by atoms with Crippen LogP contribution in [0.3, 0.4) is 0 Å². The van der Waals surface area contributed by atoms with E-state index in [2.05, 4.69) is 5.32 Å². The summed E-state index contributed by atoms with van der Waals surface area (Å²) in [6.45, 7) is 5.07. The zero-order chi connectivity index (χ0) is 18.8. The summed E-state index contributed by atoms with van der Waals surface area (Å²) in [5.74, 6) is 2.42. The second-order valence-corrected chi connectivity index (χ2v) is 5.92. The lowest BCUT2D eigenvalue weighted by Gasteiger charge is -2.15. The number of methoxy groups -OCH3 is 1. The van der Waals surface area contributed by atoms with Crippen molar-refractivity contribution in [1.29, 1.82) is 0 Å². The summed E-state index contributed by atoms with van der Waals surface area (Å²) in [5.41, 5.74) is 1.05. The van der Waals surface area contributed by atoms with Gasteiger partial charge in [-0.25, -0.2) is 0 Å². The highest BCUT2D eigenvalue weighted by molar-refractivity contribution is 5.76. The summed E-state index contributed by atoms with van der Waals surface area (Å²) >= 11 is 0. The Labute approximate surface area is 155 Å². The normalized spacial score (nSPS) is 11.5. The first-order chi connectivity index (χ1) is 12.6. The smallest absolute Gasteiger partial charge is 0.220 e. The van der Waals surface area contributed by atoms with Crippen LogP contribution in [0.2, 0.25) is 0 Å². The molecule has 5 nitrogen and oxygen atoms in total. The van der Waals surface area contributed by atoms with E-state index in [9.17, 15) is 4.79 Å². The van der Waals surface area contributed by atoms with Crippen LogP contribution >= 0.6 is 0 Å². The SMILES string of the molecule is CCOc1ccc([C@@H](C)NC(=O)CCCOc2ccc(OC)cc2)cc1. The van der Waals surface area contributed by atoms with Crippen molar-refractivity contribution in [1.82, 2.24) is 5.32 Å². The van der Waals surface area contributed by atoms with Crippen molar-refractivity contribution in [3.05, 3.63) is 54.1 Å². The van der Waals surface area contributed by atoms with Gasteiger partial charge < -0.3 is 19.5 Å². The van der Waals surface area contributed by atoms with E-state index in [-0.39, 0.29) is 11.9 Å². The van der Waals surface area contributed by atoms with Crippen molar-refractivity contribution in [2.75, 3.05) is 20.3 Å². The minimum absolute atomic E-state index is 0.0183. The molecule has 26 heavy (non-hydrogen) atoms. The molecule has 0 fully saturated rings. The number of nitrogens with one attached hydrogen (secondary N) is 1. The Bertz CT molecular complexity index is 667. The van der Waals surface area contributed by atoms with E-state index in [0.717, 1.165) is 22.8 Å². The maximum atomic E-state index is 12.1. The Kier molecular flexibility index (Phi) is 7.80. The summed E-state index contributed by atoms with van der Waals surface area (Å²) in [5, 5.41) is 3.01. The quantitative estimate of drug-likeness (QED) is 0.650. The lowest BCUT2D eigenvalue weighted by molar-refractivity contribution is -0.121. The van der Waals surface area contributed by atoms with Crippen LogP contribution in [0.1, 0.15) is 38.3 Å². The van der Waals surface area contributed by atoms with Gasteiger partial charge in [0.25, 0.3) is 0 Å². The highest BCUT2D eigenvalue weighted by Gasteiger charge is 2.09. The topological polar surface area (TPSA) is 56.8 Å². The van der Waals surface area contributed by atoms with Crippen molar-refractivity contribution < 1.29 is 19.0 Å². The van der Waals surface area contributed by atoms with Gasteiger partial charge in [-0.05, 0) is 62.2 Å². The van der Waals surface area contributed by atoms with Crippen LogP contribution in [0.15, 0.2) is 48.5 Å². The van der Waals surface area contributed by atoms with Crippen LogP contribution in [0.5, 0.6) is 17.2 Å². The molecule has 2 aromatic rings.